The second-order valence-electron chi connectivity index (χ2n) is 5.23. The molecule has 2 aromatic rings. The number of anilines is 2. The number of hydrogen-bond acceptors (Lipinski definition) is 5. The minimum atomic E-state index is -0.508. The van der Waals surface area contributed by atoms with Crippen molar-refractivity contribution in [2.45, 2.75) is 13.8 Å². The third-order valence-corrected chi connectivity index (χ3v) is 3.12. The Kier molecular flexibility index (Phi) is 5.10. The van der Waals surface area contributed by atoms with Gasteiger partial charge in [-0.15, -0.1) is 0 Å². The Morgan fingerprint density at radius 3 is 2.39 bits per heavy atom. The Morgan fingerprint density at radius 2 is 1.83 bits per heavy atom. The van der Waals surface area contributed by atoms with E-state index >= 15 is 0 Å². The van der Waals surface area contributed by atoms with Crippen molar-refractivity contribution in [3.63, 3.8) is 0 Å². The van der Waals surface area contributed by atoms with Crippen LogP contribution in [-0.2, 0) is 4.79 Å². The van der Waals surface area contributed by atoms with Gasteiger partial charge in [0.2, 0.25) is 5.95 Å². The number of aryl methyl sites for hydroxylation is 2. The summed E-state index contributed by atoms with van der Waals surface area (Å²) in [7, 11) is 3.68. The van der Waals surface area contributed by atoms with Gasteiger partial charge in [-0.3, -0.25) is 4.79 Å². The van der Waals surface area contributed by atoms with Gasteiger partial charge in [0.05, 0.1) is 17.1 Å². The average Bonchev–Trinajstić information content (AvgIpc) is 2.49. The highest BCUT2D eigenvalue weighted by molar-refractivity contribution is 5.93. The summed E-state index contributed by atoms with van der Waals surface area (Å²) in [6, 6.07) is 5.93. The molecular weight excluding hydrogens is 299 g/mol. The number of ether oxygens (including phenoxy) is 1. The first-order valence-corrected chi connectivity index (χ1v) is 7.08. The standard InChI is InChI=1S/C16H19FN4O2/c1-10-15(11(2)19-16(18-10)21(3)4)20-14(22)9-23-13-8-6-5-7-12(13)17/h5-8H,9H2,1-4H3,(H,20,22). The SMILES string of the molecule is Cc1nc(N(C)C)nc(C)c1NC(=O)COc1ccccc1F. The van der Waals surface area contributed by atoms with E-state index in [4.69, 9.17) is 4.74 Å². The number of aromatic nitrogens is 2. The van der Waals surface area contributed by atoms with E-state index in [-0.39, 0.29) is 12.4 Å². The number of amides is 1. The van der Waals surface area contributed by atoms with Crippen LogP contribution in [0.25, 0.3) is 0 Å². The van der Waals surface area contributed by atoms with Crippen LogP contribution in [0.1, 0.15) is 11.4 Å². The number of rotatable bonds is 5. The smallest absolute Gasteiger partial charge is 0.262 e. The van der Waals surface area contributed by atoms with Crippen molar-refractivity contribution < 1.29 is 13.9 Å². The van der Waals surface area contributed by atoms with Crippen molar-refractivity contribution in [2.24, 2.45) is 0 Å². The first kappa shape index (κ1) is 16.7. The number of carbonyl (C=O) groups is 1. The molecule has 1 heterocycles. The first-order chi connectivity index (χ1) is 10.9. The van der Waals surface area contributed by atoms with Crippen molar-refractivity contribution in [3.05, 3.63) is 41.5 Å². The zero-order valence-electron chi connectivity index (χ0n) is 13.6. The predicted molar refractivity (Wildman–Crippen MR) is 86.4 cm³/mol. The number of carbonyl (C=O) groups excluding carboxylic acids is 1. The molecular formula is C16H19FN4O2. The summed E-state index contributed by atoms with van der Waals surface area (Å²) in [5.41, 5.74) is 1.85. The lowest BCUT2D eigenvalue weighted by molar-refractivity contribution is -0.118. The zero-order valence-corrected chi connectivity index (χ0v) is 13.6. The molecule has 1 N–H and O–H groups in total. The third-order valence-electron chi connectivity index (χ3n) is 3.12. The first-order valence-electron chi connectivity index (χ1n) is 7.08. The Balaban J connectivity index is 2.05. The predicted octanol–water partition coefficient (Wildman–Crippen LogP) is 2.32. The Hall–Kier alpha value is -2.70. The van der Waals surface area contributed by atoms with Crippen molar-refractivity contribution in [1.82, 2.24) is 9.97 Å². The summed E-state index contributed by atoms with van der Waals surface area (Å²) in [5, 5.41) is 2.70. The summed E-state index contributed by atoms with van der Waals surface area (Å²) in [6.07, 6.45) is 0. The summed E-state index contributed by atoms with van der Waals surface area (Å²) in [4.78, 5) is 22.4. The van der Waals surface area contributed by atoms with Crippen LogP contribution >= 0.6 is 0 Å². The summed E-state index contributed by atoms with van der Waals surface area (Å²) < 4.78 is 18.6. The van der Waals surface area contributed by atoms with Crippen LogP contribution in [0, 0.1) is 19.7 Å². The molecule has 7 heteroatoms. The third kappa shape index (κ3) is 4.15. The van der Waals surface area contributed by atoms with Gasteiger partial charge in [0.25, 0.3) is 5.91 Å². The van der Waals surface area contributed by atoms with E-state index in [0.717, 1.165) is 0 Å². The van der Waals surface area contributed by atoms with Crippen LogP contribution in [0.4, 0.5) is 16.0 Å². The largest absolute Gasteiger partial charge is 0.481 e. The van der Waals surface area contributed by atoms with Gasteiger partial charge < -0.3 is 15.0 Å². The van der Waals surface area contributed by atoms with Crippen molar-refractivity contribution >= 4 is 17.5 Å². The van der Waals surface area contributed by atoms with Gasteiger partial charge >= 0.3 is 0 Å². The van der Waals surface area contributed by atoms with Crippen LogP contribution in [0.15, 0.2) is 24.3 Å². The summed E-state index contributed by atoms with van der Waals surface area (Å²) in [6.45, 7) is 3.28. The minimum Gasteiger partial charge on any atom is -0.481 e. The zero-order chi connectivity index (χ0) is 17.0. The Morgan fingerprint density at radius 1 is 1.22 bits per heavy atom. The van der Waals surface area contributed by atoms with Gasteiger partial charge in [0, 0.05) is 14.1 Å². The molecule has 1 aromatic heterocycles. The molecule has 6 nitrogen and oxygen atoms in total. The number of para-hydroxylation sites is 1. The van der Waals surface area contributed by atoms with E-state index in [1.807, 2.05) is 14.1 Å². The summed E-state index contributed by atoms with van der Waals surface area (Å²) >= 11 is 0. The molecule has 0 radical (unpaired) electrons. The van der Waals surface area contributed by atoms with Crippen LogP contribution in [-0.4, -0.2) is 36.6 Å². The van der Waals surface area contributed by atoms with E-state index in [1.165, 1.54) is 12.1 Å². The molecule has 122 valence electrons. The normalized spacial score (nSPS) is 10.3. The fourth-order valence-corrected chi connectivity index (χ4v) is 1.96. The molecule has 2 rings (SSSR count). The molecule has 0 aliphatic rings. The number of benzene rings is 1. The Bertz CT molecular complexity index is 696. The highest BCUT2D eigenvalue weighted by Crippen LogP contribution is 2.20. The number of halogens is 1. The molecule has 1 amide bonds. The molecule has 0 atom stereocenters. The quantitative estimate of drug-likeness (QED) is 0.916. The topological polar surface area (TPSA) is 67.4 Å². The lowest BCUT2D eigenvalue weighted by Gasteiger charge is -2.16. The summed E-state index contributed by atoms with van der Waals surface area (Å²) in [5.74, 6) is -0.303. The number of nitrogens with one attached hydrogen (secondary N) is 1. The highest BCUT2D eigenvalue weighted by atomic mass is 19.1. The van der Waals surface area contributed by atoms with Crippen LogP contribution in [0.5, 0.6) is 5.75 Å². The van der Waals surface area contributed by atoms with Gasteiger partial charge in [0.1, 0.15) is 0 Å². The number of nitrogens with zero attached hydrogens (tertiary/aromatic N) is 3. The van der Waals surface area contributed by atoms with Crippen molar-refractivity contribution in [1.29, 1.82) is 0 Å². The van der Waals surface area contributed by atoms with E-state index in [9.17, 15) is 9.18 Å². The lowest BCUT2D eigenvalue weighted by Crippen LogP contribution is -2.23. The molecule has 0 unspecified atom stereocenters. The second kappa shape index (κ2) is 7.04. The maximum absolute atomic E-state index is 13.4. The van der Waals surface area contributed by atoms with Crippen molar-refractivity contribution in [3.8, 4) is 5.75 Å². The van der Waals surface area contributed by atoms with Gasteiger partial charge in [-0.25, -0.2) is 14.4 Å². The van der Waals surface area contributed by atoms with Crippen molar-refractivity contribution in [2.75, 3.05) is 30.9 Å². The van der Waals surface area contributed by atoms with Gasteiger partial charge in [-0.2, -0.15) is 0 Å². The van der Waals surface area contributed by atoms with Crippen LogP contribution < -0.4 is 15.0 Å². The van der Waals surface area contributed by atoms with Gasteiger partial charge in [-0.1, -0.05) is 12.1 Å². The van der Waals surface area contributed by atoms with Gasteiger partial charge in [0.15, 0.2) is 18.2 Å². The fourth-order valence-electron chi connectivity index (χ4n) is 1.96. The van der Waals surface area contributed by atoms with Gasteiger partial charge in [-0.05, 0) is 26.0 Å². The van der Waals surface area contributed by atoms with Crippen LogP contribution in [0.2, 0.25) is 0 Å². The average molecular weight is 318 g/mol. The molecule has 23 heavy (non-hydrogen) atoms. The molecule has 0 spiro atoms. The molecule has 0 fully saturated rings. The molecule has 0 aliphatic carbocycles. The number of hydrogen-bond donors (Lipinski definition) is 1. The van der Waals surface area contributed by atoms with E-state index < -0.39 is 11.7 Å². The monoisotopic (exact) mass is 318 g/mol. The maximum atomic E-state index is 13.4. The Labute approximate surface area is 134 Å². The van der Waals surface area contributed by atoms with E-state index in [2.05, 4.69) is 15.3 Å². The molecule has 0 saturated heterocycles. The minimum absolute atomic E-state index is 0.0373. The molecule has 0 aliphatic heterocycles. The maximum Gasteiger partial charge on any atom is 0.262 e. The van der Waals surface area contributed by atoms with E-state index in [0.29, 0.717) is 23.0 Å². The second-order valence-corrected chi connectivity index (χ2v) is 5.23. The molecule has 1 aromatic carbocycles. The molecule has 0 saturated carbocycles. The van der Waals surface area contributed by atoms with E-state index in [1.54, 1.807) is 30.9 Å². The van der Waals surface area contributed by atoms with Crippen LogP contribution in [0.3, 0.4) is 0 Å². The highest BCUT2D eigenvalue weighted by Gasteiger charge is 2.13. The fraction of sp³-hybridized carbons (Fsp3) is 0.312. The lowest BCUT2D eigenvalue weighted by atomic mass is 10.3. The molecule has 0 bridgehead atoms.